The third-order valence-corrected chi connectivity index (χ3v) is 3.48. The molecule has 5 nitrogen and oxygen atoms in total. The molecule has 0 aliphatic carbocycles. The second-order valence-corrected chi connectivity index (χ2v) is 4.94. The molecule has 1 aliphatic rings. The van der Waals surface area contributed by atoms with Crippen LogP contribution in [-0.4, -0.2) is 19.0 Å². The van der Waals surface area contributed by atoms with Gasteiger partial charge in [0.1, 0.15) is 5.82 Å². The molecule has 0 saturated carbocycles. The minimum Gasteiger partial charge on any atom is -0.311 e. The Kier molecular flexibility index (Phi) is 3.84. The molecule has 0 aromatic heterocycles. The van der Waals surface area contributed by atoms with Crippen LogP contribution in [0.1, 0.15) is 6.42 Å². The topological polar surface area (TPSA) is 69.1 Å². The van der Waals surface area contributed by atoms with Crippen LogP contribution in [-0.2, 0) is 4.79 Å². The van der Waals surface area contributed by atoms with Gasteiger partial charge in [-0.3, -0.25) is 4.79 Å². The van der Waals surface area contributed by atoms with Gasteiger partial charge in [-0.15, -0.1) is 0 Å². The van der Waals surface area contributed by atoms with E-state index >= 15 is 0 Å². The highest BCUT2D eigenvalue weighted by Gasteiger charge is 2.31. The molecule has 0 N–H and O–H groups in total. The van der Waals surface area contributed by atoms with Crippen LogP contribution in [0, 0.1) is 11.7 Å². The van der Waals surface area contributed by atoms with E-state index in [1.54, 1.807) is 6.07 Å². The minimum atomic E-state index is -0.389. The molecule has 1 fully saturated rings. The number of amides is 1. The van der Waals surface area contributed by atoms with E-state index in [1.165, 1.54) is 17.0 Å². The molecule has 0 radical (unpaired) electrons. The van der Waals surface area contributed by atoms with Gasteiger partial charge in [0.15, 0.2) is 0 Å². The van der Waals surface area contributed by atoms with Crippen molar-refractivity contribution in [1.82, 2.24) is 0 Å². The van der Waals surface area contributed by atoms with Crippen molar-refractivity contribution in [2.75, 3.05) is 18.0 Å². The van der Waals surface area contributed by atoms with Crippen LogP contribution < -0.4 is 4.90 Å². The van der Waals surface area contributed by atoms with Crippen molar-refractivity contribution in [1.29, 1.82) is 0 Å². The number of carbonyl (C=O) groups is 1. The average Bonchev–Trinajstić information content (AvgIpc) is 2.71. The van der Waals surface area contributed by atoms with Crippen molar-refractivity contribution < 1.29 is 9.18 Å². The molecule has 1 atom stereocenters. The fourth-order valence-corrected chi connectivity index (χ4v) is 2.44. The maximum Gasteiger partial charge on any atom is 0.227 e. The van der Waals surface area contributed by atoms with E-state index in [0.717, 1.165) is 0 Å². The second kappa shape index (κ2) is 5.37. The third kappa shape index (κ3) is 2.63. The van der Waals surface area contributed by atoms with Crippen LogP contribution >= 0.6 is 15.9 Å². The lowest BCUT2D eigenvalue weighted by atomic mass is 10.1. The summed E-state index contributed by atoms with van der Waals surface area (Å²) in [4.78, 5) is 16.1. The summed E-state index contributed by atoms with van der Waals surface area (Å²) in [6.07, 6.45) is 0.321. The highest BCUT2D eigenvalue weighted by molar-refractivity contribution is 9.10. The van der Waals surface area contributed by atoms with E-state index < -0.39 is 0 Å². The van der Waals surface area contributed by atoms with Crippen LogP contribution in [0.3, 0.4) is 0 Å². The molecule has 2 rings (SSSR count). The number of rotatable bonds is 3. The Morgan fingerprint density at radius 1 is 1.61 bits per heavy atom. The lowest BCUT2D eigenvalue weighted by molar-refractivity contribution is -0.117. The number of halogens is 2. The first-order valence-corrected chi connectivity index (χ1v) is 6.17. The van der Waals surface area contributed by atoms with Gasteiger partial charge in [0.2, 0.25) is 5.91 Å². The van der Waals surface area contributed by atoms with E-state index in [1.807, 2.05) is 0 Å². The monoisotopic (exact) mass is 312 g/mol. The maximum absolute atomic E-state index is 13.2. The van der Waals surface area contributed by atoms with Crippen LogP contribution in [0.5, 0.6) is 0 Å². The molecule has 0 spiro atoms. The fourth-order valence-electron chi connectivity index (χ4n) is 1.98. The molecule has 1 aromatic carbocycles. The van der Waals surface area contributed by atoms with Crippen molar-refractivity contribution in [3.63, 3.8) is 0 Å². The molecule has 1 unspecified atom stereocenters. The molecular weight excluding hydrogens is 303 g/mol. The summed E-state index contributed by atoms with van der Waals surface area (Å²) in [7, 11) is 0. The number of anilines is 1. The van der Waals surface area contributed by atoms with Gasteiger partial charge in [-0.05, 0) is 45.6 Å². The van der Waals surface area contributed by atoms with Crippen LogP contribution in [0.2, 0.25) is 0 Å². The number of azide groups is 1. The molecule has 1 amide bonds. The molecule has 1 heterocycles. The van der Waals surface area contributed by atoms with E-state index in [9.17, 15) is 9.18 Å². The Morgan fingerprint density at radius 3 is 3.11 bits per heavy atom. The Balaban J connectivity index is 2.21. The number of carbonyl (C=O) groups excluding carboxylic acids is 1. The predicted octanol–water partition coefficient (Wildman–Crippen LogP) is 3.25. The molecule has 1 aliphatic heterocycles. The SMILES string of the molecule is [N-]=[N+]=NCC1CC(=O)N(c2cc(F)ccc2Br)C1. The number of benzene rings is 1. The van der Waals surface area contributed by atoms with Crippen LogP contribution in [0.15, 0.2) is 27.8 Å². The lowest BCUT2D eigenvalue weighted by Crippen LogP contribution is -2.25. The first-order chi connectivity index (χ1) is 8.61. The predicted molar refractivity (Wildman–Crippen MR) is 68.6 cm³/mol. The van der Waals surface area contributed by atoms with Gasteiger partial charge in [0.05, 0.1) is 5.69 Å². The van der Waals surface area contributed by atoms with Gasteiger partial charge in [0, 0.05) is 28.9 Å². The lowest BCUT2D eigenvalue weighted by Gasteiger charge is -2.18. The normalized spacial score (nSPS) is 18.9. The first-order valence-electron chi connectivity index (χ1n) is 5.38. The second-order valence-electron chi connectivity index (χ2n) is 4.08. The smallest absolute Gasteiger partial charge is 0.227 e. The summed E-state index contributed by atoms with van der Waals surface area (Å²) in [5.41, 5.74) is 8.78. The van der Waals surface area contributed by atoms with Crippen molar-refractivity contribution in [3.8, 4) is 0 Å². The van der Waals surface area contributed by atoms with Crippen LogP contribution in [0.25, 0.3) is 10.4 Å². The van der Waals surface area contributed by atoms with Gasteiger partial charge < -0.3 is 4.90 Å². The van der Waals surface area contributed by atoms with Gasteiger partial charge >= 0.3 is 0 Å². The molecule has 0 bridgehead atoms. The minimum absolute atomic E-state index is 0.0106. The molecule has 1 saturated heterocycles. The van der Waals surface area contributed by atoms with Gasteiger partial charge in [-0.2, -0.15) is 0 Å². The van der Waals surface area contributed by atoms with Crippen LogP contribution in [0.4, 0.5) is 10.1 Å². The summed E-state index contributed by atoms with van der Waals surface area (Å²) in [5, 5.41) is 3.47. The van der Waals surface area contributed by atoms with E-state index in [4.69, 9.17) is 5.53 Å². The quantitative estimate of drug-likeness (QED) is 0.480. The highest BCUT2D eigenvalue weighted by Crippen LogP contribution is 2.32. The highest BCUT2D eigenvalue weighted by atomic mass is 79.9. The zero-order valence-electron chi connectivity index (χ0n) is 9.38. The Morgan fingerprint density at radius 2 is 2.39 bits per heavy atom. The van der Waals surface area contributed by atoms with E-state index in [0.29, 0.717) is 23.1 Å². The molecular formula is C11H10BrFN4O. The average molecular weight is 313 g/mol. The largest absolute Gasteiger partial charge is 0.311 e. The molecule has 18 heavy (non-hydrogen) atoms. The number of hydrogen-bond donors (Lipinski definition) is 0. The first kappa shape index (κ1) is 12.9. The zero-order chi connectivity index (χ0) is 13.1. The number of nitrogens with zero attached hydrogens (tertiary/aromatic N) is 4. The molecule has 7 heteroatoms. The fraction of sp³-hybridized carbons (Fsp3) is 0.364. The van der Waals surface area contributed by atoms with E-state index in [-0.39, 0.29) is 24.2 Å². The summed E-state index contributed by atoms with van der Waals surface area (Å²) in [5.74, 6) is -0.484. The standard InChI is InChI=1S/C11H10BrFN4O/c12-9-2-1-8(13)4-10(9)17-6-7(3-11(17)18)5-15-16-14/h1-2,4,7H,3,5-6H2. The summed E-state index contributed by atoms with van der Waals surface area (Å²) in [6, 6.07) is 4.21. The van der Waals surface area contributed by atoms with Gasteiger partial charge in [-0.25, -0.2) is 4.39 Å². The van der Waals surface area contributed by atoms with Crippen molar-refractivity contribution in [2.24, 2.45) is 11.0 Å². The summed E-state index contributed by atoms with van der Waals surface area (Å²) < 4.78 is 13.9. The Hall–Kier alpha value is -1.59. The molecule has 1 aromatic rings. The summed E-state index contributed by atoms with van der Waals surface area (Å²) in [6.45, 7) is 0.728. The van der Waals surface area contributed by atoms with Gasteiger partial charge in [0.25, 0.3) is 0 Å². The van der Waals surface area contributed by atoms with Crippen molar-refractivity contribution >= 4 is 27.5 Å². The van der Waals surface area contributed by atoms with E-state index in [2.05, 4.69) is 26.0 Å². The summed E-state index contributed by atoms with van der Waals surface area (Å²) >= 11 is 3.30. The zero-order valence-corrected chi connectivity index (χ0v) is 11.0. The Bertz CT molecular complexity index is 530. The maximum atomic E-state index is 13.2. The van der Waals surface area contributed by atoms with Crippen molar-refractivity contribution in [3.05, 3.63) is 38.9 Å². The third-order valence-electron chi connectivity index (χ3n) is 2.81. The Labute approximate surface area is 111 Å². The van der Waals surface area contributed by atoms with Crippen molar-refractivity contribution in [2.45, 2.75) is 6.42 Å². The molecule has 94 valence electrons. The number of hydrogen-bond acceptors (Lipinski definition) is 2. The van der Waals surface area contributed by atoms with Gasteiger partial charge in [-0.1, -0.05) is 5.11 Å².